The molecule has 0 bridgehead atoms. The first-order chi connectivity index (χ1) is 15.7. The highest BCUT2D eigenvalue weighted by Crippen LogP contribution is 2.23. The van der Waals surface area contributed by atoms with Gasteiger partial charge in [-0.2, -0.15) is 4.72 Å². The molecule has 1 fully saturated rings. The molecule has 1 aliphatic rings. The Bertz CT molecular complexity index is 1050. The van der Waals surface area contributed by atoms with Crippen molar-refractivity contribution in [2.24, 2.45) is 5.92 Å². The standard InChI is InChI=1S/C23H27ClN2O6S/c1-16(2)20(25-33(29,30)19-10-8-18(24)9-11-19)23(28)32-21(17-6-4-3-5-7-17)22(27)26-12-14-31-15-13-26/h3-11,16,20-21,25H,12-15H2,1-2H3/t20-,21+/m0/s1. The van der Waals surface area contributed by atoms with E-state index in [4.69, 9.17) is 21.1 Å². The monoisotopic (exact) mass is 494 g/mol. The zero-order valence-corrected chi connectivity index (χ0v) is 20.0. The highest BCUT2D eigenvalue weighted by Gasteiger charge is 2.35. The molecule has 3 rings (SSSR count). The number of amides is 1. The fourth-order valence-electron chi connectivity index (χ4n) is 3.33. The number of sulfonamides is 1. The Labute approximate surface area is 198 Å². The van der Waals surface area contributed by atoms with Crippen LogP contribution in [0, 0.1) is 5.92 Å². The van der Waals surface area contributed by atoms with Gasteiger partial charge in [0, 0.05) is 23.7 Å². The second-order valence-electron chi connectivity index (χ2n) is 7.96. The van der Waals surface area contributed by atoms with E-state index in [1.807, 2.05) is 0 Å². The van der Waals surface area contributed by atoms with Gasteiger partial charge < -0.3 is 14.4 Å². The van der Waals surface area contributed by atoms with Crippen molar-refractivity contribution in [2.45, 2.75) is 30.9 Å². The summed E-state index contributed by atoms with van der Waals surface area (Å²) in [5.74, 6) is -1.64. The molecule has 0 radical (unpaired) electrons. The molecule has 1 aliphatic heterocycles. The highest BCUT2D eigenvalue weighted by molar-refractivity contribution is 7.89. The van der Waals surface area contributed by atoms with Gasteiger partial charge in [0.1, 0.15) is 6.04 Å². The Morgan fingerprint density at radius 1 is 1.03 bits per heavy atom. The minimum Gasteiger partial charge on any atom is -0.446 e. The third kappa shape index (κ3) is 6.54. The minimum atomic E-state index is -4.03. The summed E-state index contributed by atoms with van der Waals surface area (Å²) in [7, 11) is -4.03. The Morgan fingerprint density at radius 3 is 2.21 bits per heavy atom. The van der Waals surface area contributed by atoms with Gasteiger partial charge in [-0.15, -0.1) is 0 Å². The quantitative estimate of drug-likeness (QED) is 0.566. The zero-order chi connectivity index (χ0) is 24.0. The summed E-state index contributed by atoms with van der Waals surface area (Å²) in [6, 6.07) is 13.1. The lowest BCUT2D eigenvalue weighted by Gasteiger charge is -2.31. The smallest absolute Gasteiger partial charge is 0.325 e. The van der Waals surface area contributed by atoms with Gasteiger partial charge in [-0.05, 0) is 30.2 Å². The molecule has 1 saturated heterocycles. The summed E-state index contributed by atoms with van der Waals surface area (Å²) >= 11 is 5.84. The van der Waals surface area contributed by atoms with E-state index in [-0.39, 0.29) is 10.8 Å². The van der Waals surface area contributed by atoms with Crippen LogP contribution in [0.5, 0.6) is 0 Å². The summed E-state index contributed by atoms with van der Waals surface area (Å²) in [6.45, 7) is 4.95. The number of rotatable bonds is 8. The SMILES string of the molecule is CC(C)[C@H](NS(=O)(=O)c1ccc(Cl)cc1)C(=O)O[C@@H](C(=O)N1CCOCC1)c1ccccc1. The zero-order valence-electron chi connectivity index (χ0n) is 18.4. The van der Waals surface area contributed by atoms with E-state index >= 15 is 0 Å². The van der Waals surface area contributed by atoms with Crippen LogP contribution in [0.2, 0.25) is 5.02 Å². The van der Waals surface area contributed by atoms with E-state index in [1.165, 1.54) is 24.3 Å². The van der Waals surface area contributed by atoms with E-state index in [0.29, 0.717) is 36.9 Å². The highest BCUT2D eigenvalue weighted by atomic mass is 35.5. The Kier molecular flexibility index (Phi) is 8.47. The molecule has 178 valence electrons. The number of benzene rings is 2. The number of hydrogen-bond donors (Lipinski definition) is 1. The largest absolute Gasteiger partial charge is 0.446 e. The number of ether oxygens (including phenoxy) is 2. The number of carbonyl (C=O) groups is 2. The van der Waals surface area contributed by atoms with Crippen LogP contribution in [0.3, 0.4) is 0 Å². The van der Waals surface area contributed by atoms with Crippen LogP contribution in [0.15, 0.2) is 59.5 Å². The molecule has 10 heteroatoms. The number of nitrogens with zero attached hydrogens (tertiary/aromatic N) is 1. The van der Waals surface area contributed by atoms with Crippen LogP contribution in [0.1, 0.15) is 25.5 Å². The van der Waals surface area contributed by atoms with Gasteiger partial charge >= 0.3 is 5.97 Å². The predicted octanol–water partition coefficient (Wildman–Crippen LogP) is 2.79. The second-order valence-corrected chi connectivity index (χ2v) is 10.1. The molecular weight excluding hydrogens is 468 g/mol. The molecule has 0 unspecified atom stereocenters. The van der Waals surface area contributed by atoms with Crippen LogP contribution in [-0.2, 0) is 29.1 Å². The topological polar surface area (TPSA) is 102 Å². The summed E-state index contributed by atoms with van der Waals surface area (Å²) < 4.78 is 39.1. The van der Waals surface area contributed by atoms with Crippen LogP contribution in [-0.4, -0.2) is 57.5 Å². The van der Waals surface area contributed by atoms with Crippen molar-refractivity contribution in [2.75, 3.05) is 26.3 Å². The minimum absolute atomic E-state index is 0.0330. The molecule has 1 N–H and O–H groups in total. The van der Waals surface area contributed by atoms with Crippen molar-refractivity contribution in [3.63, 3.8) is 0 Å². The van der Waals surface area contributed by atoms with E-state index < -0.39 is 34.1 Å². The fourth-order valence-corrected chi connectivity index (χ4v) is 4.79. The molecule has 1 heterocycles. The number of morpholine rings is 1. The summed E-state index contributed by atoms with van der Waals surface area (Å²) in [4.78, 5) is 27.9. The van der Waals surface area contributed by atoms with Crippen LogP contribution in [0.25, 0.3) is 0 Å². The van der Waals surface area contributed by atoms with Crippen LogP contribution in [0.4, 0.5) is 0 Å². The lowest BCUT2D eigenvalue weighted by atomic mass is 10.0. The lowest BCUT2D eigenvalue weighted by Crippen LogP contribution is -2.48. The number of hydrogen-bond acceptors (Lipinski definition) is 6. The lowest BCUT2D eigenvalue weighted by molar-refractivity contribution is -0.164. The molecule has 2 aromatic rings. The van der Waals surface area contributed by atoms with Crippen LogP contribution < -0.4 is 4.72 Å². The van der Waals surface area contributed by atoms with Gasteiger partial charge in [-0.25, -0.2) is 8.42 Å². The van der Waals surface area contributed by atoms with E-state index in [1.54, 1.807) is 49.1 Å². The number of halogens is 1. The average molecular weight is 495 g/mol. The van der Waals surface area contributed by atoms with Crippen molar-refractivity contribution in [3.8, 4) is 0 Å². The Hall–Kier alpha value is -2.46. The molecule has 8 nitrogen and oxygen atoms in total. The molecule has 2 aromatic carbocycles. The predicted molar refractivity (Wildman–Crippen MR) is 123 cm³/mol. The maximum Gasteiger partial charge on any atom is 0.325 e. The van der Waals surface area contributed by atoms with Crippen molar-refractivity contribution >= 4 is 33.5 Å². The van der Waals surface area contributed by atoms with Crippen molar-refractivity contribution < 1.29 is 27.5 Å². The van der Waals surface area contributed by atoms with E-state index in [2.05, 4.69) is 4.72 Å². The Balaban J connectivity index is 1.83. The first-order valence-corrected chi connectivity index (χ1v) is 12.4. The number of nitrogens with one attached hydrogen (secondary N) is 1. The molecule has 33 heavy (non-hydrogen) atoms. The fraction of sp³-hybridized carbons (Fsp3) is 0.391. The van der Waals surface area contributed by atoms with Crippen molar-refractivity contribution in [1.29, 1.82) is 0 Å². The number of esters is 1. The third-order valence-corrected chi connectivity index (χ3v) is 6.92. The van der Waals surface area contributed by atoms with E-state index in [9.17, 15) is 18.0 Å². The second kappa shape index (κ2) is 11.1. The normalized spacial score (nSPS) is 16.3. The van der Waals surface area contributed by atoms with Gasteiger partial charge in [-0.3, -0.25) is 9.59 Å². The average Bonchev–Trinajstić information content (AvgIpc) is 2.81. The maximum absolute atomic E-state index is 13.2. The molecule has 0 spiro atoms. The first kappa shape index (κ1) is 25.2. The first-order valence-electron chi connectivity index (χ1n) is 10.6. The molecule has 0 aromatic heterocycles. The maximum atomic E-state index is 13.2. The number of carbonyl (C=O) groups excluding carboxylic acids is 2. The summed E-state index contributed by atoms with van der Waals surface area (Å²) in [5, 5.41) is 0.390. The van der Waals surface area contributed by atoms with Gasteiger partial charge in [0.05, 0.1) is 18.1 Å². The molecule has 2 atom stereocenters. The van der Waals surface area contributed by atoms with E-state index in [0.717, 1.165) is 0 Å². The van der Waals surface area contributed by atoms with Gasteiger partial charge in [0.2, 0.25) is 16.1 Å². The van der Waals surface area contributed by atoms with Gasteiger partial charge in [0.15, 0.2) is 0 Å². The Morgan fingerprint density at radius 2 is 1.64 bits per heavy atom. The van der Waals surface area contributed by atoms with Gasteiger partial charge in [0.25, 0.3) is 5.91 Å². The van der Waals surface area contributed by atoms with Crippen molar-refractivity contribution in [3.05, 3.63) is 65.2 Å². The molecular formula is C23H27ClN2O6S. The third-order valence-electron chi connectivity index (χ3n) is 5.21. The van der Waals surface area contributed by atoms with Crippen molar-refractivity contribution in [1.82, 2.24) is 9.62 Å². The molecule has 1 amide bonds. The van der Waals surface area contributed by atoms with Gasteiger partial charge in [-0.1, -0.05) is 55.8 Å². The molecule has 0 aliphatic carbocycles. The molecule has 0 saturated carbocycles. The summed E-state index contributed by atoms with van der Waals surface area (Å²) in [6.07, 6.45) is -1.20. The summed E-state index contributed by atoms with van der Waals surface area (Å²) in [5.41, 5.74) is 0.505. The van der Waals surface area contributed by atoms with Crippen LogP contribution >= 0.6 is 11.6 Å².